The molecule has 6 heteroatoms. The number of aromatic nitrogens is 3. The van der Waals surface area contributed by atoms with Gasteiger partial charge in [0.2, 0.25) is 0 Å². The summed E-state index contributed by atoms with van der Waals surface area (Å²) in [5, 5.41) is 2.10. The molecular formula is C33H24N4O2. The molecule has 39 heavy (non-hydrogen) atoms. The van der Waals surface area contributed by atoms with E-state index in [4.69, 9.17) is 0 Å². The molecule has 1 aliphatic heterocycles. The molecule has 0 unspecified atom stereocenters. The van der Waals surface area contributed by atoms with Gasteiger partial charge in [0.15, 0.2) is 0 Å². The number of rotatable bonds is 3. The topological polar surface area (TPSA) is 68.1 Å². The van der Waals surface area contributed by atoms with E-state index < -0.39 is 0 Å². The lowest BCUT2D eigenvalue weighted by atomic mass is 10.0. The normalized spacial score (nSPS) is 13.1. The molecule has 0 spiro atoms. The van der Waals surface area contributed by atoms with Gasteiger partial charge >= 0.3 is 0 Å². The first-order valence-corrected chi connectivity index (χ1v) is 12.8. The van der Waals surface area contributed by atoms with E-state index in [-0.39, 0.29) is 11.8 Å². The maximum absolute atomic E-state index is 14.1. The Kier molecular flexibility index (Phi) is 5.00. The van der Waals surface area contributed by atoms with Crippen LogP contribution in [0.2, 0.25) is 0 Å². The zero-order valence-corrected chi connectivity index (χ0v) is 21.8. The highest BCUT2D eigenvalue weighted by atomic mass is 16.2. The van der Waals surface area contributed by atoms with E-state index in [1.54, 1.807) is 18.5 Å². The van der Waals surface area contributed by atoms with Gasteiger partial charge in [0, 0.05) is 28.7 Å². The predicted molar refractivity (Wildman–Crippen MR) is 154 cm³/mol. The largest absolute Gasteiger partial charge is 0.308 e. The van der Waals surface area contributed by atoms with Gasteiger partial charge in [0.25, 0.3) is 11.8 Å². The van der Waals surface area contributed by atoms with Crippen molar-refractivity contribution in [2.45, 2.75) is 20.8 Å². The van der Waals surface area contributed by atoms with Gasteiger partial charge in [-0.1, -0.05) is 48.0 Å². The number of fused-ring (bicyclic) bond motifs is 4. The molecule has 0 N–H and O–H groups in total. The number of nitrogens with zero attached hydrogens (tertiary/aromatic N) is 4. The standard InChI is InChI=1S/C33H24N4O2/c1-19-13-20(2)31(21(3)14-19)37-32(38)25-8-6-10-29(30(25)33(37)39)36-27-9-5-4-7-24(27)26-15-22(11-12-28(26)36)23-16-34-18-35-17-23/h4-18H,1-3H3. The van der Waals surface area contributed by atoms with Crippen LogP contribution < -0.4 is 4.90 Å². The van der Waals surface area contributed by atoms with Crippen LogP contribution in [0.3, 0.4) is 0 Å². The molecule has 0 saturated heterocycles. The summed E-state index contributed by atoms with van der Waals surface area (Å²) < 4.78 is 2.10. The van der Waals surface area contributed by atoms with Gasteiger partial charge in [-0.15, -0.1) is 0 Å². The molecule has 0 bridgehead atoms. The third kappa shape index (κ3) is 3.35. The van der Waals surface area contributed by atoms with Gasteiger partial charge in [0.1, 0.15) is 6.33 Å². The first-order chi connectivity index (χ1) is 18.9. The second-order valence-electron chi connectivity index (χ2n) is 10.1. The molecule has 0 fully saturated rings. The summed E-state index contributed by atoms with van der Waals surface area (Å²) in [5.41, 5.74) is 8.94. The number of carbonyl (C=O) groups is 2. The monoisotopic (exact) mass is 508 g/mol. The lowest BCUT2D eigenvalue weighted by molar-refractivity contribution is 0.0925. The minimum absolute atomic E-state index is 0.293. The average molecular weight is 509 g/mol. The van der Waals surface area contributed by atoms with Crippen molar-refractivity contribution in [2.24, 2.45) is 0 Å². The number of hydrogen-bond donors (Lipinski definition) is 0. The van der Waals surface area contributed by atoms with Crippen LogP contribution in [0.1, 0.15) is 37.4 Å². The molecule has 6 nitrogen and oxygen atoms in total. The molecule has 0 saturated carbocycles. The van der Waals surface area contributed by atoms with E-state index in [0.29, 0.717) is 22.5 Å². The van der Waals surface area contributed by atoms with Crippen LogP contribution in [-0.4, -0.2) is 26.3 Å². The van der Waals surface area contributed by atoms with Crippen molar-refractivity contribution < 1.29 is 9.59 Å². The predicted octanol–water partition coefficient (Wildman–Crippen LogP) is 6.97. The van der Waals surface area contributed by atoms with E-state index in [0.717, 1.165) is 49.6 Å². The Morgan fingerprint density at radius 3 is 2.15 bits per heavy atom. The zero-order valence-electron chi connectivity index (χ0n) is 21.8. The Morgan fingerprint density at radius 2 is 1.38 bits per heavy atom. The highest BCUT2D eigenvalue weighted by Crippen LogP contribution is 2.40. The molecule has 0 radical (unpaired) electrons. The van der Waals surface area contributed by atoms with Crippen molar-refractivity contribution >= 4 is 39.3 Å². The number of para-hydroxylation sites is 1. The minimum atomic E-state index is -0.301. The fraction of sp³-hybridized carbons (Fsp3) is 0.0909. The van der Waals surface area contributed by atoms with Crippen LogP contribution in [0.4, 0.5) is 5.69 Å². The lowest BCUT2D eigenvalue weighted by Crippen LogP contribution is -2.31. The quantitative estimate of drug-likeness (QED) is 0.242. The summed E-state index contributed by atoms with van der Waals surface area (Å²) >= 11 is 0. The Balaban J connectivity index is 1.47. The number of anilines is 1. The summed E-state index contributed by atoms with van der Waals surface area (Å²) in [7, 11) is 0. The fourth-order valence-electron chi connectivity index (χ4n) is 6.04. The summed E-state index contributed by atoms with van der Waals surface area (Å²) in [5.74, 6) is -0.594. The third-order valence-electron chi connectivity index (χ3n) is 7.56. The van der Waals surface area contributed by atoms with Crippen molar-refractivity contribution in [3.63, 3.8) is 0 Å². The highest BCUT2D eigenvalue weighted by molar-refractivity contribution is 6.36. The fourth-order valence-corrected chi connectivity index (χ4v) is 6.04. The molecule has 0 aliphatic carbocycles. The summed E-state index contributed by atoms with van der Waals surface area (Å²) in [6.07, 6.45) is 5.11. The molecule has 7 rings (SSSR count). The highest BCUT2D eigenvalue weighted by Gasteiger charge is 2.40. The van der Waals surface area contributed by atoms with E-state index in [9.17, 15) is 9.59 Å². The number of carbonyl (C=O) groups excluding carboxylic acids is 2. The summed E-state index contributed by atoms with van der Waals surface area (Å²) in [6, 6.07) is 23.9. The van der Waals surface area contributed by atoms with E-state index >= 15 is 0 Å². The summed E-state index contributed by atoms with van der Waals surface area (Å²) in [4.78, 5) is 37.5. The van der Waals surface area contributed by atoms with Crippen molar-refractivity contribution in [3.05, 3.63) is 119 Å². The lowest BCUT2D eigenvalue weighted by Gasteiger charge is -2.20. The minimum Gasteiger partial charge on any atom is -0.308 e. The van der Waals surface area contributed by atoms with E-state index in [1.165, 1.54) is 11.2 Å². The van der Waals surface area contributed by atoms with Gasteiger partial charge < -0.3 is 4.57 Å². The average Bonchev–Trinajstić information content (AvgIpc) is 3.40. The molecule has 0 atom stereocenters. The smallest absolute Gasteiger partial charge is 0.268 e. The number of imide groups is 1. The zero-order chi connectivity index (χ0) is 26.8. The molecule has 3 heterocycles. The SMILES string of the molecule is Cc1cc(C)c(N2C(=O)c3cccc(-n4c5ccccc5c5cc(-c6cncnc6)ccc54)c3C2=O)c(C)c1. The van der Waals surface area contributed by atoms with Crippen LogP contribution in [0.5, 0.6) is 0 Å². The van der Waals surface area contributed by atoms with Gasteiger partial charge in [-0.05, 0) is 67.8 Å². The van der Waals surface area contributed by atoms with Crippen molar-refractivity contribution in [2.75, 3.05) is 4.90 Å². The van der Waals surface area contributed by atoms with E-state index in [2.05, 4.69) is 32.7 Å². The Hall–Kier alpha value is -5.10. The maximum atomic E-state index is 14.1. The maximum Gasteiger partial charge on any atom is 0.268 e. The molecule has 2 amide bonds. The van der Waals surface area contributed by atoms with Crippen molar-refractivity contribution in [3.8, 4) is 16.8 Å². The number of hydrogen-bond acceptors (Lipinski definition) is 4. The van der Waals surface area contributed by atoms with Crippen LogP contribution >= 0.6 is 0 Å². The number of aryl methyl sites for hydroxylation is 3. The first-order valence-electron chi connectivity index (χ1n) is 12.8. The van der Waals surface area contributed by atoms with Crippen molar-refractivity contribution in [1.82, 2.24) is 14.5 Å². The Morgan fingerprint density at radius 1 is 0.667 bits per heavy atom. The van der Waals surface area contributed by atoms with Crippen LogP contribution in [0.25, 0.3) is 38.6 Å². The Labute approximate surface area is 225 Å². The molecule has 188 valence electrons. The second-order valence-corrected chi connectivity index (χ2v) is 10.1. The summed E-state index contributed by atoms with van der Waals surface area (Å²) in [6.45, 7) is 5.91. The molecule has 4 aromatic carbocycles. The van der Waals surface area contributed by atoms with Gasteiger partial charge in [-0.3, -0.25) is 9.59 Å². The van der Waals surface area contributed by atoms with E-state index in [1.807, 2.05) is 69.3 Å². The van der Waals surface area contributed by atoms with Gasteiger partial charge in [-0.25, -0.2) is 14.9 Å². The molecule has 1 aliphatic rings. The third-order valence-corrected chi connectivity index (χ3v) is 7.56. The van der Waals surface area contributed by atoms with Crippen LogP contribution in [-0.2, 0) is 0 Å². The Bertz CT molecular complexity index is 1970. The molecule has 2 aromatic heterocycles. The van der Waals surface area contributed by atoms with Crippen molar-refractivity contribution in [1.29, 1.82) is 0 Å². The van der Waals surface area contributed by atoms with Gasteiger partial charge in [0.05, 0.1) is 33.5 Å². The van der Waals surface area contributed by atoms with Gasteiger partial charge in [-0.2, -0.15) is 0 Å². The van der Waals surface area contributed by atoms with Crippen LogP contribution in [0, 0.1) is 20.8 Å². The molecular weight excluding hydrogens is 484 g/mol. The number of benzene rings is 4. The number of amides is 2. The first kappa shape index (κ1) is 23.0. The molecule has 6 aromatic rings. The second kappa shape index (κ2) is 8.46. The van der Waals surface area contributed by atoms with Crippen LogP contribution in [0.15, 0.2) is 91.5 Å².